The number of rotatable bonds is 9. The number of hydrogen-bond donors (Lipinski definition) is 0. The minimum atomic E-state index is -0.00581. The van der Waals surface area contributed by atoms with Crippen molar-refractivity contribution < 1.29 is 18.5 Å². The van der Waals surface area contributed by atoms with Gasteiger partial charge >= 0.3 is 0 Å². The summed E-state index contributed by atoms with van der Waals surface area (Å²) in [4.78, 5) is 25.2. The standard InChI is InChI=1S/C31H36N4O4/c1-2-4-27-32-18-26(38-27)22-5-3-6-24(15-22)35(30(36)21-10-13-37-14-11-21)19-31-12-9-25(23(16-31)17-31)29-33-28(34-39-29)20-7-8-20/h3,5-6,15,18,20-21H,2,4,7-14,16-17,19H2,1H3. The SMILES string of the molecule is CCCc1ncc(-c2cccc(N(CC34CCC(c5nc(C6CC6)no5)=C(C3)C4)C(=O)C3CCOCC3)c2)o1. The lowest BCUT2D eigenvalue weighted by Gasteiger charge is -2.51. The van der Waals surface area contributed by atoms with E-state index in [2.05, 4.69) is 34.1 Å². The van der Waals surface area contributed by atoms with Crippen LogP contribution in [0.4, 0.5) is 5.69 Å². The largest absolute Gasteiger partial charge is 0.441 e. The maximum atomic E-state index is 14.0. The molecular weight excluding hydrogens is 492 g/mol. The molecule has 1 aromatic carbocycles. The summed E-state index contributed by atoms with van der Waals surface area (Å²) < 4.78 is 17.3. The molecule has 0 atom stereocenters. The summed E-state index contributed by atoms with van der Waals surface area (Å²) in [5.74, 6) is 3.79. The third-order valence-electron chi connectivity index (χ3n) is 8.94. The van der Waals surface area contributed by atoms with Crippen LogP contribution in [0.15, 0.2) is 45.0 Å². The van der Waals surface area contributed by atoms with Gasteiger partial charge in [0.05, 0.1) is 6.20 Å². The first kappa shape index (κ1) is 24.8. The number of aryl methyl sites for hydroxylation is 1. The Morgan fingerprint density at radius 2 is 2.00 bits per heavy atom. The molecule has 2 aromatic heterocycles. The van der Waals surface area contributed by atoms with E-state index < -0.39 is 0 Å². The number of benzene rings is 1. The Morgan fingerprint density at radius 3 is 2.74 bits per heavy atom. The topological polar surface area (TPSA) is 94.5 Å². The Hall–Kier alpha value is -3.26. The maximum Gasteiger partial charge on any atom is 0.253 e. The van der Waals surface area contributed by atoms with Crippen LogP contribution < -0.4 is 4.90 Å². The number of allylic oxidation sites excluding steroid dienone is 2. The number of carbonyl (C=O) groups is 1. The van der Waals surface area contributed by atoms with Crippen molar-refractivity contribution in [3.05, 3.63) is 53.6 Å². The summed E-state index contributed by atoms with van der Waals surface area (Å²) in [6.07, 6.45) is 11.4. The molecule has 0 radical (unpaired) electrons. The monoisotopic (exact) mass is 528 g/mol. The van der Waals surface area contributed by atoms with Gasteiger partial charge in [-0.05, 0) is 75.3 Å². The van der Waals surface area contributed by atoms with Crippen molar-refractivity contribution >= 4 is 17.2 Å². The molecule has 3 heterocycles. The smallest absolute Gasteiger partial charge is 0.253 e. The first-order valence-electron chi connectivity index (χ1n) is 14.6. The third-order valence-corrected chi connectivity index (χ3v) is 8.94. The van der Waals surface area contributed by atoms with Crippen LogP contribution in [0.5, 0.6) is 0 Å². The van der Waals surface area contributed by atoms with Crippen LogP contribution in [-0.2, 0) is 16.0 Å². The quantitative estimate of drug-likeness (QED) is 0.320. The van der Waals surface area contributed by atoms with Gasteiger partial charge in [-0.2, -0.15) is 4.98 Å². The minimum Gasteiger partial charge on any atom is -0.441 e. The Labute approximate surface area is 228 Å². The molecule has 1 saturated heterocycles. The second kappa shape index (κ2) is 10.0. The lowest BCUT2D eigenvalue weighted by molar-refractivity contribution is -0.125. The van der Waals surface area contributed by atoms with E-state index >= 15 is 0 Å². The lowest BCUT2D eigenvalue weighted by Crippen LogP contribution is -2.50. The second-order valence-electron chi connectivity index (χ2n) is 11.9. The summed E-state index contributed by atoms with van der Waals surface area (Å²) in [7, 11) is 0. The van der Waals surface area contributed by atoms with Crippen LogP contribution in [0.3, 0.4) is 0 Å². The predicted octanol–water partition coefficient (Wildman–Crippen LogP) is 6.34. The molecule has 204 valence electrons. The highest BCUT2D eigenvalue weighted by Gasteiger charge is 2.48. The van der Waals surface area contributed by atoms with Crippen molar-refractivity contribution in [2.24, 2.45) is 11.3 Å². The summed E-state index contributed by atoms with van der Waals surface area (Å²) in [5.41, 5.74) is 4.64. The van der Waals surface area contributed by atoms with Gasteiger partial charge in [-0.15, -0.1) is 0 Å². The molecule has 1 aliphatic heterocycles. The van der Waals surface area contributed by atoms with E-state index in [-0.39, 0.29) is 17.2 Å². The molecule has 8 rings (SSSR count). The zero-order valence-corrected chi connectivity index (χ0v) is 22.7. The number of carbonyl (C=O) groups excluding carboxylic acids is 1. The first-order chi connectivity index (χ1) is 19.1. The van der Waals surface area contributed by atoms with E-state index in [1.54, 1.807) is 6.20 Å². The number of amides is 1. The highest BCUT2D eigenvalue weighted by molar-refractivity contribution is 5.96. The van der Waals surface area contributed by atoms with Crippen molar-refractivity contribution in [3.8, 4) is 11.3 Å². The van der Waals surface area contributed by atoms with Gasteiger partial charge < -0.3 is 18.6 Å². The number of anilines is 1. The number of oxazole rings is 1. The maximum absolute atomic E-state index is 14.0. The van der Waals surface area contributed by atoms with E-state index in [1.165, 1.54) is 24.0 Å². The molecule has 8 heteroatoms. The van der Waals surface area contributed by atoms with Crippen molar-refractivity contribution in [2.45, 2.75) is 77.0 Å². The number of fused-ring (bicyclic) bond motifs is 2. The molecule has 0 unspecified atom stereocenters. The van der Waals surface area contributed by atoms with Crippen LogP contribution in [0, 0.1) is 11.3 Å². The molecule has 5 aliphatic rings. The van der Waals surface area contributed by atoms with Crippen LogP contribution >= 0.6 is 0 Å². The average Bonchev–Trinajstić information content (AvgIpc) is 3.50. The molecule has 2 saturated carbocycles. The highest BCUT2D eigenvalue weighted by atomic mass is 16.5. The molecular formula is C31H36N4O4. The van der Waals surface area contributed by atoms with Gasteiger partial charge in [-0.25, -0.2) is 4.98 Å². The molecule has 0 spiro atoms. The van der Waals surface area contributed by atoms with E-state index in [0.29, 0.717) is 19.1 Å². The molecule has 3 aromatic rings. The third kappa shape index (κ3) is 4.84. The number of hydrogen-bond acceptors (Lipinski definition) is 7. The highest BCUT2D eigenvalue weighted by Crippen LogP contribution is 2.58. The molecule has 3 fully saturated rings. The van der Waals surface area contributed by atoms with Crippen molar-refractivity contribution in [1.82, 2.24) is 15.1 Å². The summed E-state index contributed by atoms with van der Waals surface area (Å²) in [5, 5.41) is 4.23. The van der Waals surface area contributed by atoms with Crippen LogP contribution in [0.1, 0.15) is 88.2 Å². The molecule has 1 amide bonds. The molecule has 4 aliphatic carbocycles. The van der Waals surface area contributed by atoms with Gasteiger partial charge in [0.2, 0.25) is 5.91 Å². The van der Waals surface area contributed by atoms with Crippen LogP contribution in [0.25, 0.3) is 16.9 Å². The zero-order valence-electron chi connectivity index (χ0n) is 22.7. The summed E-state index contributed by atoms with van der Waals surface area (Å²) in [6.45, 7) is 4.14. The first-order valence-corrected chi connectivity index (χ1v) is 14.6. The average molecular weight is 529 g/mol. The van der Waals surface area contributed by atoms with E-state index in [1.807, 2.05) is 12.1 Å². The normalized spacial score (nSPS) is 20.6. The zero-order chi connectivity index (χ0) is 26.4. The molecule has 39 heavy (non-hydrogen) atoms. The van der Waals surface area contributed by atoms with Gasteiger partial charge in [-0.1, -0.05) is 29.8 Å². The predicted molar refractivity (Wildman–Crippen MR) is 146 cm³/mol. The van der Waals surface area contributed by atoms with Gasteiger partial charge in [-0.3, -0.25) is 4.79 Å². The fourth-order valence-corrected chi connectivity index (χ4v) is 6.52. The molecule has 2 bridgehead atoms. The van der Waals surface area contributed by atoms with Crippen molar-refractivity contribution in [2.75, 3.05) is 24.7 Å². The summed E-state index contributed by atoms with van der Waals surface area (Å²) >= 11 is 0. The number of aromatic nitrogens is 3. The Morgan fingerprint density at radius 1 is 1.15 bits per heavy atom. The Bertz CT molecular complexity index is 1390. The second-order valence-corrected chi connectivity index (χ2v) is 11.9. The number of nitrogens with zero attached hydrogens (tertiary/aromatic N) is 4. The Balaban J connectivity index is 1.14. The van der Waals surface area contributed by atoms with Crippen molar-refractivity contribution in [3.63, 3.8) is 0 Å². The molecule has 8 nitrogen and oxygen atoms in total. The Kier molecular flexibility index (Phi) is 6.38. The van der Waals surface area contributed by atoms with E-state index in [9.17, 15) is 4.79 Å². The van der Waals surface area contributed by atoms with E-state index in [0.717, 1.165) is 92.5 Å². The lowest BCUT2D eigenvalue weighted by atomic mass is 9.57. The van der Waals surface area contributed by atoms with Gasteiger partial charge in [0, 0.05) is 54.8 Å². The minimum absolute atomic E-state index is 0.00581. The van der Waals surface area contributed by atoms with Crippen LogP contribution in [0.2, 0.25) is 0 Å². The van der Waals surface area contributed by atoms with Gasteiger partial charge in [0.1, 0.15) is 0 Å². The molecule has 0 N–H and O–H groups in total. The fraction of sp³-hybridized carbons (Fsp3) is 0.548. The number of ether oxygens (including phenoxy) is 1. The van der Waals surface area contributed by atoms with Gasteiger partial charge in [0.25, 0.3) is 5.89 Å². The summed E-state index contributed by atoms with van der Waals surface area (Å²) in [6, 6.07) is 8.20. The fourth-order valence-electron chi connectivity index (χ4n) is 6.52. The van der Waals surface area contributed by atoms with Gasteiger partial charge in [0.15, 0.2) is 17.5 Å². The van der Waals surface area contributed by atoms with E-state index in [4.69, 9.17) is 18.7 Å². The van der Waals surface area contributed by atoms with Crippen molar-refractivity contribution in [1.29, 1.82) is 0 Å². The van der Waals surface area contributed by atoms with Crippen LogP contribution in [-0.4, -0.2) is 40.8 Å².